The molecule has 0 heteroatoms. The Bertz CT molecular complexity index is 1170. The second-order valence-electron chi connectivity index (χ2n) is 23.6. The van der Waals surface area contributed by atoms with Crippen LogP contribution in [0.4, 0.5) is 0 Å². The molecule has 11 aliphatic carbocycles. The van der Waals surface area contributed by atoms with Crippen LogP contribution >= 0.6 is 0 Å². The Morgan fingerprint density at radius 2 is 0.500 bits per heavy atom. The molecule has 14 atom stereocenters. The van der Waals surface area contributed by atoms with Gasteiger partial charge in [-0.15, -0.1) is 0 Å². The molecule has 11 rings (SSSR count). The van der Waals surface area contributed by atoms with Crippen LogP contribution in [-0.2, 0) is 0 Å². The zero-order valence-electron chi connectivity index (χ0n) is 34.2. The molecule has 11 aliphatic rings. The summed E-state index contributed by atoms with van der Waals surface area (Å²) >= 11 is 0. The Morgan fingerprint density at radius 3 is 1.08 bits per heavy atom. The number of hydrogen-bond donors (Lipinski definition) is 0. The molecule has 0 saturated heterocycles. The molecule has 0 aromatic carbocycles. The van der Waals surface area contributed by atoms with Gasteiger partial charge < -0.3 is 0 Å². The lowest BCUT2D eigenvalue weighted by Crippen LogP contribution is -2.62. The van der Waals surface area contributed by atoms with E-state index in [2.05, 4.69) is 0 Å². The van der Waals surface area contributed by atoms with Crippen molar-refractivity contribution in [3.05, 3.63) is 0 Å². The van der Waals surface area contributed by atoms with Crippen molar-refractivity contribution in [2.45, 2.75) is 205 Å². The van der Waals surface area contributed by atoms with E-state index in [-0.39, 0.29) is 0 Å². The molecule has 0 radical (unpaired) electrons. The summed E-state index contributed by atoms with van der Waals surface area (Å²) in [5, 5.41) is 0. The van der Waals surface area contributed by atoms with Gasteiger partial charge in [-0.05, 0) is 215 Å². The van der Waals surface area contributed by atoms with E-state index in [1.807, 2.05) is 0 Å². The molecule has 0 nitrogen and oxygen atoms in total. The molecule has 292 valence electrons. The average molecular weight is 709 g/mol. The summed E-state index contributed by atoms with van der Waals surface area (Å²) in [5.41, 5.74) is 0. The third-order valence-corrected chi connectivity index (χ3v) is 22.1. The van der Waals surface area contributed by atoms with E-state index in [0.717, 1.165) is 107 Å². The number of rotatable bonds is 4. The fourth-order valence-corrected chi connectivity index (χ4v) is 20.4. The molecule has 0 aromatic heterocycles. The van der Waals surface area contributed by atoms with Gasteiger partial charge in [-0.2, -0.15) is 0 Å². The monoisotopic (exact) mass is 709 g/mol. The highest BCUT2D eigenvalue weighted by Gasteiger charge is 2.64. The van der Waals surface area contributed by atoms with Crippen molar-refractivity contribution in [2.24, 2.45) is 118 Å². The second-order valence-corrected chi connectivity index (χ2v) is 23.6. The lowest BCUT2D eigenvalue weighted by atomic mass is 9.36. The third-order valence-electron chi connectivity index (χ3n) is 22.1. The van der Waals surface area contributed by atoms with Gasteiger partial charge in [-0.25, -0.2) is 0 Å². The molecule has 11 fully saturated rings. The van der Waals surface area contributed by atoms with E-state index in [1.54, 1.807) is 193 Å². The van der Waals surface area contributed by atoms with Gasteiger partial charge in [0.2, 0.25) is 0 Å². The van der Waals surface area contributed by atoms with Crippen LogP contribution in [0.3, 0.4) is 0 Å². The van der Waals surface area contributed by atoms with Crippen molar-refractivity contribution in [3.63, 3.8) is 0 Å². The van der Waals surface area contributed by atoms with Crippen LogP contribution in [0.1, 0.15) is 205 Å². The Balaban J connectivity index is 0.938. The van der Waals surface area contributed by atoms with E-state index in [0.29, 0.717) is 0 Å². The van der Waals surface area contributed by atoms with Crippen LogP contribution in [0, 0.1) is 118 Å². The minimum atomic E-state index is 1.11. The maximum atomic E-state index is 1.74. The smallest absolute Gasteiger partial charge is 0.0318 e. The summed E-state index contributed by atoms with van der Waals surface area (Å²) in [6, 6.07) is 0. The first-order chi connectivity index (χ1) is 25.8. The molecule has 0 bridgehead atoms. The maximum absolute atomic E-state index is 1.74. The van der Waals surface area contributed by atoms with Crippen molar-refractivity contribution in [1.29, 1.82) is 0 Å². The van der Waals surface area contributed by atoms with Crippen LogP contribution in [0.15, 0.2) is 0 Å². The van der Waals surface area contributed by atoms with Crippen LogP contribution < -0.4 is 0 Å². The van der Waals surface area contributed by atoms with Gasteiger partial charge in [0, 0.05) is 0 Å². The molecular weight excluding hydrogens is 625 g/mol. The van der Waals surface area contributed by atoms with E-state index in [1.165, 1.54) is 24.7 Å². The van der Waals surface area contributed by atoms with Gasteiger partial charge in [-0.3, -0.25) is 0 Å². The predicted octanol–water partition coefficient (Wildman–Crippen LogP) is 14.9. The van der Waals surface area contributed by atoms with Crippen LogP contribution in [0.5, 0.6) is 0 Å². The van der Waals surface area contributed by atoms with Crippen molar-refractivity contribution < 1.29 is 0 Å². The van der Waals surface area contributed by atoms with Gasteiger partial charge >= 0.3 is 0 Å². The molecule has 11 saturated carbocycles. The molecule has 0 aliphatic heterocycles. The number of hydrogen-bond acceptors (Lipinski definition) is 0. The molecular formula is C52H84. The SMILES string of the molecule is C1CCC(C2CCC(C3C4CC5CCCCC5CC4C(C4CCC(C5CCCCC5)CC4)C4C3CC3CCC5CCCC6CCC4C3C56)CC2)CC1. The van der Waals surface area contributed by atoms with Crippen molar-refractivity contribution in [3.8, 4) is 0 Å². The normalized spacial score (nSPS) is 54.2. The third kappa shape index (κ3) is 6.21. The summed E-state index contributed by atoms with van der Waals surface area (Å²) in [6.07, 6.45) is 52.0. The Morgan fingerprint density at radius 1 is 0.154 bits per heavy atom. The zero-order chi connectivity index (χ0) is 34.2. The average Bonchev–Trinajstić information content (AvgIpc) is 3.22. The first-order valence-corrected chi connectivity index (χ1v) is 25.8. The van der Waals surface area contributed by atoms with Gasteiger partial charge in [0.05, 0.1) is 0 Å². The van der Waals surface area contributed by atoms with Crippen LogP contribution in [0.2, 0.25) is 0 Å². The Hall–Kier alpha value is 0. The Kier molecular flexibility index (Phi) is 10.2. The second kappa shape index (κ2) is 15.1. The maximum Gasteiger partial charge on any atom is -0.0318 e. The fourth-order valence-electron chi connectivity index (χ4n) is 20.4. The molecule has 0 N–H and O–H groups in total. The van der Waals surface area contributed by atoms with E-state index in [9.17, 15) is 0 Å². The van der Waals surface area contributed by atoms with Crippen LogP contribution in [0.25, 0.3) is 0 Å². The quantitative estimate of drug-likeness (QED) is 0.273. The van der Waals surface area contributed by atoms with E-state index >= 15 is 0 Å². The minimum Gasteiger partial charge on any atom is -0.0533 e. The van der Waals surface area contributed by atoms with Crippen molar-refractivity contribution in [1.82, 2.24) is 0 Å². The summed E-state index contributed by atoms with van der Waals surface area (Å²) in [4.78, 5) is 0. The van der Waals surface area contributed by atoms with Crippen LogP contribution in [-0.4, -0.2) is 0 Å². The lowest BCUT2D eigenvalue weighted by molar-refractivity contribution is -0.204. The first-order valence-electron chi connectivity index (χ1n) is 25.8. The zero-order valence-corrected chi connectivity index (χ0v) is 34.2. The van der Waals surface area contributed by atoms with Gasteiger partial charge in [0.1, 0.15) is 0 Å². The standard InChI is InChI=1S/C52H84/c1-3-10-33(11-4-1)35-18-22-39(23-19-35)49-45-30-41-14-7-8-15-42(41)31-46(45)50(40-24-20-36(21-25-40)34-12-5-2-6-13-34)52-44-29-28-38-17-9-16-37-26-27-43(32-47(49)52)51(44)48(37)38/h33-52H,1-32H2. The highest BCUT2D eigenvalue weighted by molar-refractivity contribution is 5.13. The topological polar surface area (TPSA) is 0 Å². The Labute approximate surface area is 322 Å². The predicted molar refractivity (Wildman–Crippen MR) is 218 cm³/mol. The highest BCUT2D eigenvalue weighted by atomic mass is 14.7. The van der Waals surface area contributed by atoms with Crippen molar-refractivity contribution >= 4 is 0 Å². The van der Waals surface area contributed by atoms with E-state index < -0.39 is 0 Å². The highest BCUT2D eigenvalue weighted by Crippen LogP contribution is 2.71. The first kappa shape index (κ1) is 35.2. The molecule has 0 amide bonds. The summed E-state index contributed by atoms with van der Waals surface area (Å²) in [6.45, 7) is 0. The summed E-state index contributed by atoms with van der Waals surface area (Å²) in [5.74, 6) is 22.7. The molecule has 14 unspecified atom stereocenters. The van der Waals surface area contributed by atoms with E-state index in [4.69, 9.17) is 0 Å². The lowest BCUT2D eigenvalue weighted by Gasteiger charge is -2.69. The molecule has 52 heavy (non-hydrogen) atoms. The largest absolute Gasteiger partial charge is 0.0533 e. The van der Waals surface area contributed by atoms with Gasteiger partial charge in [-0.1, -0.05) is 109 Å². The van der Waals surface area contributed by atoms with Gasteiger partial charge in [0.25, 0.3) is 0 Å². The summed E-state index contributed by atoms with van der Waals surface area (Å²) < 4.78 is 0. The summed E-state index contributed by atoms with van der Waals surface area (Å²) in [7, 11) is 0. The fraction of sp³-hybridized carbons (Fsp3) is 1.00. The number of fused-ring (bicyclic) bond motifs is 4. The van der Waals surface area contributed by atoms with Gasteiger partial charge in [0.15, 0.2) is 0 Å². The molecule has 0 heterocycles. The molecule has 0 spiro atoms. The van der Waals surface area contributed by atoms with Crippen molar-refractivity contribution in [2.75, 3.05) is 0 Å². The molecule has 0 aromatic rings. The minimum absolute atomic E-state index is 1.11.